The van der Waals surface area contributed by atoms with E-state index >= 15 is 0 Å². The quantitative estimate of drug-likeness (QED) is 0.563. The fraction of sp³-hybridized carbons (Fsp3) is 0.200. The van der Waals surface area contributed by atoms with Gasteiger partial charge in [-0.1, -0.05) is 0 Å². The number of fused-ring (bicyclic) bond motifs is 1. The molecule has 32 heavy (non-hydrogen) atoms. The number of hydrogen-bond donors (Lipinski definition) is 2. The lowest BCUT2D eigenvalue weighted by Crippen LogP contribution is -2.35. The molecule has 1 heterocycles. The highest BCUT2D eigenvalue weighted by atomic mass is 32.1. The van der Waals surface area contributed by atoms with Gasteiger partial charge in [0, 0.05) is 25.3 Å². The number of amides is 2. The van der Waals surface area contributed by atoms with Crippen LogP contribution in [0.5, 0.6) is 5.75 Å². The van der Waals surface area contributed by atoms with Crippen molar-refractivity contribution in [2.24, 2.45) is 7.05 Å². The molecule has 3 aromatic rings. The Bertz CT molecular complexity index is 1300. The van der Waals surface area contributed by atoms with Crippen molar-refractivity contribution < 1.29 is 27.5 Å². The summed E-state index contributed by atoms with van der Waals surface area (Å²) >= 11 is 5.08. The zero-order valence-corrected chi connectivity index (χ0v) is 17.6. The van der Waals surface area contributed by atoms with Crippen LogP contribution in [0.3, 0.4) is 0 Å². The van der Waals surface area contributed by atoms with Gasteiger partial charge in [-0.3, -0.25) is 19.0 Å². The predicted octanol–water partition coefficient (Wildman–Crippen LogP) is 3.21. The summed E-state index contributed by atoms with van der Waals surface area (Å²) in [6, 6.07) is 9.04. The highest BCUT2D eigenvalue weighted by Crippen LogP contribution is 2.24. The molecule has 168 valence electrons. The molecule has 0 radical (unpaired) electrons. The predicted molar refractivity (Wildman–Crippen MR) is 113 cm³/mol. The minimum absolute atomic E-state index is 0.200. The molecule has 0 aliphatic rings. The number of likely N-dealkylation sites (N-methyl/N-ethyl adjacent to an activating group) is 1. The number of hydrogen-bond acceptors (Lipinski definition) is 5. The van der Waals surface area contributed by atoms with Crippen molar-refractivity contribution in [3.63, 3.8) is 0 Å². The summed E-state index contributed by atoms with van der Waals surface area (Å²) in [7, 11) is 2.95. The fourth-order valence-corrected chi connectivity index (χ4v) is 3.08. The van der Waals surface area contributed by atoms with Gasteiger partial charge in [0.25, 0.3) is 11.5 Å². The lowest BCUT2D eigenvalue weighted by molar-refractivity contribution is -0.274. The van der Waals surface area contributed by atoms with Crippen molar-refractivity contribution in [1.82, 2.24) is 14.5 Å². The van der Waals surface area contributed by atoms with Crippen LogP contribution in [-0.2, 0) is 11.8 Å². The van der Waals surface area contributed by atoms with Crippen molar-refractivity contribution in [3.8, 4) is 5.75 Å². The molecule has 3 rings (SSSR count). The van der Waals surface area contributed by atoms with E-state index in [4.69, 9.17) is 12.2 Å². The second-order valence-electron chi connectivity index (χ2n) is 6.84. The lowest BCUT2D eigenvalue weighted by Gasteiger charge is -2.17. The number of nitrogens with zero attached hydrogens (tertiary/aromatic N) is 2. The number of rotatable bonds is 5. The Balaban J connectivity index is 1.67. The highest BCUT2D eigenvalue weighted by Gasteiger charge is 2.31. The van der Waals surface area contributed by atoms with Gasteiger partial charge < -0.3 is 19.9 Å². The molecule has 0 saturated carbocycles. The summed E-state index contributed by atoms with van der Waals surface area (Å²) in [5, 5.41) is 2.84. The van der Waals surface area contributed by atoms with Crippen molar-refractivity contribution in [2.45, 2.75) is 6.36 Å². The number of carbonyl (C=O) groups is 2. The number of carbonyl (C=O) groups excluding carboxylic acids is 2. The van der Waals surface area contributed by atoms with Gasteiger partial charge in [-0.2, -0.15) is 0 Å². The van der Waals surface area contributed by atoms with Gasteiger partial charge in [-0.15, -0.1) is 13.2 Å². The fourth-order valence-electron chi connectivity index (χ4n) is 2.89. The van der Waals surface area contributed by atoms with Crippen LogP contribution in [0.15, 0.2) is 47.3 Å². The summed E-state index contributed by atoms with van der Waals surface area (Å²) in [4.78, 5) is 41.2. The Labute approximate surface area is 184 Å². The maximum atomic E-state index is 12.7. The zero-order valence-electron chi connectivity index (χ0n) is 16.8. The van der Waals surface area contributed by atoms with Crippen LogP contribution in [0, 0.1) is 4.77 Å². The van der Waals surface area contributed by atoms with E-state index in [0.717, 1.165) is 17.0 Å². The normalized spacial score (nSPS) is 11.3. The molecule has 2 amide bonds. The number of benzene rings is 2. The Morgan fingerprint density at radius 2 is 1.84 bits per heavy atom. The third kappa shape index (κ3) is 5.32. The minimum Gasteiger partial charge on any atom is -0.406 e. The zero-order chi connectivity index (χ0) is 23.6. The van der Waals surface area contributed by atoms with Crippen LogP contribution in [-0.4, -0.2) is 46.2 Å². The summed E-state index contributed by atoms with van der Waals surface area (Å²) in [6.45, 7) is -0.315. The van der Waals surface area contributed by atoms with E-state index in [9.17, 15) is 27.6 Å². The molecule has 12 heteroatoms. The van der Waals surface area contributed by atoms with Crippen LogP contribution >= 0.6 is 12.2 Å². The summed E-state index contributed by atoms with van der Waals surface area (Å²) in [6.07, 6.45) is -4.81. The monoisotopic (exact) mass is 466 g/mol. The molecule has 0 fully saturated rings. The van der Waals surface area contributed by atoms with Gasteiger partial charge in [-0.25, -0.2) is 0 Å². The molecule has 0 bridgehead atoms. The van der Waals surface area contributed by atoms with Crippen LogP contribution in [0.25, 0.3) is 10.9 Å². The van der Waals surface area contributed by atoms with Gasteiger partial charge >= 0.3 is 6.36 Å². The standard InChI is InChI=1S/C20H17F3N4O4S/c1-26(10-16(28)24-12-4-6-13(7-5-12)31-20(21,22)23)17(29)11-3-8-14-15(9-11)25-19(32)27(2)18(14)30/h3-9H,10H2,1-2H3,(H,24,28)(H,25,32). The van der Waals surface area contributed by atoms with E-state index in [0.29, 0.717) is 10.9 Å². The van der Waals surface area contributed by atoms with Crippen LogP contribution in [0.4, 0.5) is 18.9 Å². The molecular formula is C20H17F3N4O4S. The van der Waals surface area contributed by atoms with Crippen molar-refractivity contribution in [1.29, 1.82) is 0 Å². The minimum atomic E-state index is -4.81. The second kappa shape index (κ2) is 8.83. The first kappa shape index (κ1) is 23.0. The molecule has 2 aromatic carbocycles. The maximum Gasteiger partial charge on any atom is 0.573 e. The topological polar surface area (TPSA) is 96.4 Å². The molecule has 1 aromatic heterocycles. The first-order chi connectivity index (χ1) is 14.9. The molecule has 0 unspecified atom stereocenters. The molecule has 2 N–H and O–H groups in total. The van der Waals surface area contributed by atoms with E-state index in [-0.39, 0.29) is 28.1 Å². The summed E-state index contributed by atoms with van der Waals surface area (Å²) in [5.74, 6) is -1.46. The van der Waals surface area contributed by atoms with Crippen LogP contribution in [0.2, 0.25) is 0 Å². The van der Waals surface area contributed by atoms with E-state index in [1.54, 1.807) is 0 Å². The van der Waals surface area contributed by atoms with Crippen molar-refractivity contribution >= 4 is 40.6 Å². The number of alkyl halides is 3. The third-order valence-electron chi connectivity index (χ3n) is 4.45. The van der Waals surface area contributed by atoms with Crippen LogP contribution in [0.1, 0.15) is 10.4 Å². The SMILES string of the molecule is CN(CC(=O)Nc1ccc(OC(F)(F)F)cc1)C(=O)c1ccc2c(=O)n(C)c(=S)[nH]c2c1. The number of aromatic nitrogens is 2. The Morgan fingerprint density at radius 3 is 2.47 bits per heavy atom. The average Bonchev–Trinajstić information content (AvgIpc) is 2.71. The first-order valence-corrected chi connectivity index (χ1v) is 9.49. The van der Waals surface area contributed by atoms with Gasteiger partial charge in [0.1, 0.15) is 5.75 Å². The smallest absolute Gasteiger partial charge is 0.406 e. The van der Waals surface area contributed by atoms with Gasteiger partial charge in [-0.05, 0) is 54.7 Å². The summed E-state index contributed by atoms with van der Waals surface area (Å²) in [5.41, 5.74) is 0.560. The third-order valence-corrected chi connectivity index (χ3v) is 4.82. The molecule has 0 atom stereocenters. The van der Waals surface area contributed by atoms with Crippen molar-refractivity contribution in [2.75, 3.05) is 18.9 Å². The number of aromatic amines is 1. The second-order valence-corrected chi connectivity index (χ2v) is 7.22. The molecule has 0 aliphatic carbocycles. The first-order valence-electron chi connectivity index (χ1n) is 9.09. The lowest BCUT2D eigenvalue weighted by atomic mass is 10.1. The Kier molecular flexibility index (Phi) is 6.35. The molecular weight excluding hydrogens is 449 g/mol. The molecule has 0 saturated heterocycles. The number of halogens is 3. The van der Waals surface area contributed by atoms with Gasteiger partial charge in [0.2, 0.25) is 5.91 Å². The van der Waals surface area contributed by atoms with Crippen molar-refractivity contribution in [3.05, 3.63) is 63.2 Å². The van der Waals surface area contributed by atoms with E-state index in [1.165, 1.54) is 49.0 Å². The van der Waals surface area contributed by atoms with Gasteiger partial charge in [0.05, 0.1) is 17.4 Å². The van der Waals surface area contributed by atoms with Crippen LogP contribution < -0.4 is 15.6 Å². The Hall–Kier alpha value is -3.67. The van der Waals surface area contributed by atoms with E-state index in [1.807, 2.05) is 0 Å². The average molecular weight is 466 g/mol. The maximum absolute atomic E-state index is 12.7. The molecule has 0 spiro atoms. The Morgan fingerprint density at radius 1 is 1.19 bits per heavy atom. The summed E-state index contributed by atoms with van der Waals surface area (Å²) < 4.78 is 41.8. The largest absolute Gasteiger partial charge is 0.573 e. The van der Waals surface area contributed by atoms with E-state index in [2.05, 4.69) is 15.0 Å². The van der Waals surface area contributed by atoms with E-state index < -0.39 is 23.9 Å². The van der Waals surface area contributed by atoms with Gasteiger partial charge in [0.15, 0.2) is 4.77 Å². The molecule has 0 aliphatic heterocycles. The highest BCUT2D eigenvalue weighted by molar-refractivity contribution is 7.71. The number of nitrogens with one attached hydrogen (secondary N) is 2. The number of ether oxygens (including phenoxy) is 1. The number of H-pyrrole nitrogens is 1. The number of anilines is 1. The molecule has 8 nitrogen and oxygen atoms in total.